The highest BCUT2D eigenvalue weighted by Crippen LogP contribution is 2.33. The average Bonchev–Trinajstić information content (AvgIpc) is 2.35. The first kappa shape index (κ1) is 17.0. The van der Waals surface area contributed by atoms with Crippen molar-refractivity contribution >= 4 is 35.8 Å². The van der Waals surface area contributed by atoms with Crippen molar-refractivity contribution in [1.29, 1.82) is 0 Å². The molecule has 4 heteroatoms. The van der Waals surface area contributed by atoms with E-state index in [0.29, 0.717) is 16.7 Å². The Kier molecular flexibility index (Phi) is 7.41. The van der Waals surface area contributed by atoms with Crippen molar-refractivity contribution in [3.8, 4) is 5.75 Å². The third-order valence-corrected chi connectivity index (χ3v) is 4.38. The summed E-state index contributed by atoms with van der Waals surface area (Å²) in [6, 6.07) is 5.31. The molecule has 0 N–H and O–H groups in total. The van der Waals surface area contributed by atoms with Gasteiger partial charge < -0.3 is 4.74 Å². The van der Waals surface area contributed by atoms with E-state index in [1.165, 1.54) is 0 Å². The molecule has 0 saturated carbocycles. The smallest absolute Gasteiger partial charge is 0.122 e. The van der Waals surface area contributed by atoms with Crippen molar-refractivity contribution in [2.24, 2.45) is 5.41 Å². The standard InChI is InChI=1S/C15H22Cl2OS/c1-3-5-15(11-19,6-4-2)10-18-14-8-12(16)7-13(17)9-14/h7-9,19H,3-6,10-11H2,1-2H3. The first-order valence-electron chi connectivity index (χ1n) is 6.75. The van der Waals surface area contributed by atoms with Crippen molar-refractivity contribution in [3.63, 3.8) is 0 Å². The van der Waals surface area contributed by atoms with Crippen LogP contribution in [0.25, 0.3) is 0 Å². The van der Waals surface area contributed by atoms with Gasteiger partial charge in [-0.05, 0) is 36.8 Å². The third-order valence-electron chi connectivity index (χ3n) is 3.28. The molecule has 1 rings (SSSR count). The predicted octanol–water partition coefficient (Wildman–Crippen LogP) is 5.89. The second-order valence-corrected chi connectivity index (χ2v) is 6.24. The Hall–Kier alpha value is -0.0500. The number of benzene rings is 1. The van der Waals surface area contributed by atoms with Gasteiger partial charge >= 0.3 is 0 Å². The molecule has 0 fully saturated rings. The lowest BCUT2D eigenvalue weighted by Gasteiger charge is -2.31. The highest BCUT2D eigenvalue weighted by Gasteiger charge is 2.27. The fourth-order valence-corrected chi connectivity index (χ4v) is 3.30. The van der Waals surface area contributed by atoms with Gasteiger partial charge in [-0.2, -0.15) is 12.6 Å². The molecule has 0 bridgehead atoms. The summed E-state index contributed by atoms with van der Waals surface area (Å²) in [4.78, 5) is 0. The maximum absolute atomic E-state index is 5.98. The highest BCUT2D eigenvalue weighted by molar-refractivity contribution is 7.80. The van der Waals surface area contributed by atoms with Gasteiger partial charge in [0.25, 0.3) is 0 Å². The molecular formula is C15H22Cl2OS. The topological polar surface area (TPSA) is 9.23 Å². The van der Waals surface area contributed by atoms with E-state index in [1.807, 2.05) is 0 Å². The Morgan fingerprint density at radius 2 is 1.58 bits per heavy atom. The molecule has 0 spiro atoms. The van der Waals surface area contributed by atoms with Gasteiger partial charge in [0.05, 0.1) is 6.61 Å². The fourth-order valence-electron chi connectivity index (χ4n) is 2.38. The predicted molar refractivity (Wildman–Crippen MR) is 88.1 cm³/mol. The molecule has 0 atom stereocenters. The first-order valence-corrected chi connectivity index (χ1v) is 8.14. The summed E-state index contributed by atoms with van der Waals surface area (Å²) in [5.74, 6) is 1.57. The summed E-state index contributed by atoms with van der Waals surface area (Å²) in [5.41, 5.74) is 0.140. The summed E-state index contributed by atoms with van der Waals surface area (Å²) in [5, 5.41) is 1.20. The average molecular weight is 321 g/mol. The van der Waals surface area contributed by atoms with Crippen molar-refractivity contribution in [1.82, 2.24) is 0 Å². The molecule has 1 aromatic rings. The molecule has 0 amide bonds. The zero-order valence-corrected chi connectivity index (χ0v) is 14.0. The molecule has 0 aliphatic carbocycles. The highest BCUT2D eigenvalue weighted by atomic mass is 35.5. The van der Waals surface area contributed by atoms with Crippen LogP contribution in [0.2, 0.25) is 10.0 Å². The monoisotopic (exact) mass is 320 g/mol. The number of rotatable bonds is 8. The number of hydrogen-bond donors (Lipinski definition) is 1. The quantitative estimate of drug-likeness (QED) is 0.587. The maximum Gasteiger partial charge on any atom is 0.122 e. The van der Waals surface area contributed by atoms with Gasteiger partial charge in [-0.15, -0.1) is 0 Å². The molecule has 0 heterocycles. The van der Waals surface area contributed by atoms with E-state index in [0.717, 1.165) is 37.2 Å². The van der Waals surface area contributed by atoms with Gasteiger partial charge in [-0.25, -0.2) is 0 Å². The van der Waals surface area contributed by atoms with Gasteiger partial charge in [-0.1, -0.05) is 49.9 Å². The molecular weight excluding hydrogens is 299 g/mol. The van der Waals surface area contributed by atoms with Crippen LogP contribution < -0.4 is 4.74 Å². The summed E-state index contributed by atoms with van der Waals surface area (Å²) >= 11 is 16.5. The third kappa shape index (κ3) is 5.45. The SMILES string of the molecule is CCCC(CS)(CCC)COc1cc(Cl)cc(Cl)c1. The molecule has 1 nitrogen and oxygen atoms in total. The second-order valence-electron chi connectivity index (χ2n) is 5.05. The number of ether oxygens (including phenoxy) is 1. The zero-order chi connectivity index (χ0) is 14.3. The molecule has 0 radical (unpaired) electrons. The summed E-state index contributed by atoms with van der Waals surface area (Å²) < 4.78 is 5.91. The fraction of sp³-hybridized carbons (Fsp3) is 0.600. The van der Waals surface area contributed by atoms with E-state index in [2.05, 4.69) is 26.5 Å². The van der Waals surface area contributed by atoms with Gasteiger partial charge in [0, 0.05) is 15.5 Å². The van der Waals surface area contributed by atoms with Crippen molar-refractivity contribution in [2.45, 2.75) is 39.5 Å². The zero-order valence-electron chi connectivity index (χ0n) is 11.6. The lowest BCUT2D eigenvalue weighted by Crippen LogP contribution is -2.30. The Morgan fingerprint density at radius 3 is 2.00 bits per heavy atom. The minimum atomic E-state index is 0.140. The van der Waals surface area contributed by atoms with Gasteiger partial charge in [0.15, 0.2) is 0 Å². The van der Waals surface area contributed by atoms with Gasteiger partial charge in [-0.3, -0.25) is 0 Å². The number of halogens is 2. The van der Waals surface area contributed by atoms with Crippen LogP contribution in [0.5, 0.6) is 5.75 Å². The summed E-state index contributed by atoms with van der Waals surface area (Å²) in [7, 11) is 0. The van der Waals surface area contributed by atoms with E-state index in [-0.39, 0.29) is 5.41 Å². The maximum atomic E-state index is 5.98. The minimum absolute atomic E-state index is 0.140. The first-order chi connectivity index (χ1) is 9.05. The molecule has 0 aliphatic heterocycles. The molecule has 0 aliphatic rings. The van der Waals surface area contributed by atoms with Crippen LogP contribution in [-0.2, 0) is 0 Å². The normalized spacial score (nSPS) is 11.6. The molecule has 1 aromatic carbocycles. The Bertz CT molecular complexity index is 369. The molecule has 0 unspecified atom stereocenters. The van der Waals surface area contributed by atoms with Crippen LogP contribution in [0.4, 0.5) is 0 Å². The Morgan fingerprint density at radius 1 is 1.05 bits per heavy atom. The van der Waals surface area contributed by atoms with Crippen LogP contribution in [0.1, 0.15) is 39.5 Å². The van der Waals surface area contributed by atoms with Crippen LogP contribution >= 0.6 is 35.8 Å². The van der Waals surface area contributed by atoms with Gasteiger partial charge in [0.1, 0.15) is 5.75 Å². The summed E-state index contributed by atoms with van der Waals surface area (Å²) in [6.45, 7) is 5.06. The van der Waals surface area contributed by atoms with Crippen molar-refractivity contribution in [3.05, 3.63) is 28.2 Å². The number of hydrogen-bond acceptors (Lipinski definition) is 2. The Balaban J connectivity index is 2.74. The summed E-state index contributed by atoms with van der Waals surface area (Å²) in [6.07, 6.45) is 4.53. The minimum Gasteiger partial charge on any atom is -0.493 e. The van der Waals surface area contributed by atoms with E-state index in [9.17, 15) is 0 Å². The van der Waals surface area contributed by atoms with Gasteiger partial charge in [0.2, 0.25) is 0 Å². The lowest BCUT2D eigenvalue weighted by atomic mass is 9.82. The van der Waals surface area contributed by atoms with E-state index in [1.54, 1.807) is 18.2 Å². The largest absolute Gasteiger partial charge is 0.493 e. The number of thiol groups is 1. The van der Waals surface area contributed by atoms with Crippen LogP contribution in [0, 0.1) is 5.41 Å². The molecule has 0 saturated heterocycles. The van der Waals surface area contributed by atoms with E-state index >= 15 is 0 Å². The molecule has 108 valence electrons. The molecule has 19 heavy (non-hydrogen) atoms. The van der Waals surface area contributed by atoms with E-state index < -0.39 is 0 Å². The Labute approximate surface area is 132 Å². The second kappa shape index (κ2) is 8.28. The lowest BCUT2D eigenvalue weighted by molar-refractivity contribution is 0.143. The van der Waals surface area contributed by atoms with Crippen molar-refractivity contribution in [2.75, 3.05) is 12.4 Å². The van der Waals surface area contributed by atoms with E-state index in [4.69, 9.17) is 27.9 Å². The van der Waals surface area contributed by atoms with Crippen molar-refractivity contribution < 1.29 is 4.74 Å². The van der Waals surface area contributed by atoms with Crippen LogP contribution in [0.15, 0.2) is 18.2 Å². The molecule has 0 aromatic heterocycles. The van der Waals surface area contributed by atoms with Crippen LogP contribution in [0.3, 0.4) is 0 Å². The van der Waals surface area contributed by atoms with Crippen LogP contribution in [-0.4, -0.2) is 12.4 Å².